The molecule has 0 N–H and O–H groups in total. The normalized spacial score (nSPS) is 19.8. The van der Waals surface area contributed by atoms with Crippen molar-refractivity contribution in [1.29, 1.82) is 0 Å². The molecule has 3 aromatic carbocycles. The molecule has 3 aliphatic heterocycles. The number of benzene rings is 3. The van der Waals surface area contributed by atoms with Crippen LogP contribution in [0.2, 0.25) is 5.02 Å². The van der Waals surface area contributed by atoms with Crippen molar-refractivity contribution in [2.45, 2.75) is 19.0 Å². The summed E-state index contributed by atoms with van der Waals surface area (Å²) in [6.45, 7) is 5.05. The van der Waals surface area contributed by atoms with E-state index in [0.29, 0.717) is 23.7 Å². The topological polar surface area (TPSA) is 57.6 Å². The molecule has 1 atom stereocenters. The Morgan fingerprint density at radius 1 is 0.892 bits per heavy atom. The van der Waals surface area contributed by atoms with Crippen LogP contribution in [0.3, 0.4) is 0 Å². The van der Waals surface area contributed by atoms with Gasteiger partial charge in [-0.1, -0.05) is 66.2 Å². The first-order valence-electron chi connectivity index (χ1n) is 12.7. The second-order valence-electron chi connectivity index (χ2n) is 9.64. The smallest absolute Gasteiger partial charge is 0.257 e. The van der Waals surface area contributed by atoms with Gasteiger partial charge in [0.1, 0.15) is 0 Å². The highest BCUT2D eigenvalue weighted by Crippen LogP contribution is 2.39. The fourth-order valence-electron chi connectivity index (χ4n) is 5.19. The van der Waals surface area contributed by atoms with E-state index in [0.717, 1.165) is 55.3 Å². The van der Waals surface area contributed by atoms with Gasteiger partial charge in [0.15, 0.2) is 11.5 Å². The number of piperazine rings is 1. The summed E-state index contributed by atoms with van der Waals surface area (Å²) < 4.78 is 11.1. The Balaban J connectivity index is 1.17. The first kappa shape index (κ1) is 24.0. The van der Waals surface area contributed by atoms with Crippen LogP contribution < -0.4 is 9.47 Å². The van der Waals surface area contributed by atoms with Crippen molar-refractivity contribution in [2.24, 2.45) is 5.10 Å². The Morgan fingerprint density at radius 2 is 1.62 bits per heavy atom. The number of fused-ring (bicyclic) bond motifs is 1. The van der Waals surface area contributed by atoms with Gasteiger partial charge in [-0.2, -0.15) is 5.10 Å². The van der Waals surface area contributed by atoms with Gasteiger partial charge in [0.2, 0.25) is 6.79 Å². The Hall–Kier alpha value is -3.39. The highest BCUT2D eigenvalue weighted by Gasteiger charge is 2.35. The fourth-order valence-corrected chi connectivity index (χ4v) is 5.43. The number of hydrogen-bond acceptors (Lipinski definition) is 6. The lowest BCUT2D eigenvalue weighted by Crippen LogP contribution is -2.49. The second-order valence-corrected chi connectivity index (χ2v) is 10.0. The van der Waals surface area contributed by atoms with Gasteiger partial charge in [-0.25, -0.2) is 5.01 Å². The Labute approximate surface area is 221 Å². The number of nitrogens with zero attached hydrogens (tertiary/aromatic N) is 4. The quantitative estimate of drug-likeness (QED) is 0.480. The van der Waals surface area contributed by atoms with Gasteiger partial charge in [0.05, 0.1) is 18.3 Å². The van der Waals surface area contributed by atoms with Crippen LogP contribution >= 0.6 is 11.6 Å². The Kier molecular flexibility index (Phi) is 6.83. The zero-order valence-electron chi connectivity index (χ0n) is 20.6. The molecule has 0 bridgehead atoms. The van der Waals surface area contributed by atoms with Crippen molar-refractivity contribution in [3.63, 3.8) is 0 Å². The van der Waals surface area contributed by atoms with Gasteiger partial charge in [-0.3, -0.25) is 14.6 Å². The van der Waals surface area contributed by atoms with Crippen molar-refractivity contribution in [1.82, 2.24) is 14.8 Å². The van der Waals surface area contributed by atoms with E-state index in [4.69, 9.17) is 26.2 Å². The van der Waals surface area contributed by atoms with E-state index in [1.54, 1.807) is 5.01 Å². The van der Waals surface area contributed by atoms with Gasteiger partial charge >= 0.3 is 0 Å². The standard InChI is InChI=1S/C29H29ClN4O3/c30-24-9-5-4-8-23(24)25-17-26(22-10-11-27-28(16-22)37-20-36-27)34(31-25)29(35)19-33-14-12-32(13-15-33)18-21-6-2-1-3-7-21/h1-11,16,26H,12-15,17-20H2/t26-/m1/s1. The maximum atomic E-state index is 13.6. The highest BCUT2D eigenvalue weighted by atomic mass is 35.5. The first-order chi connectivity index (χ1) is 18.1. The monoisotopic (exact) mass is 516 g/mol. The summed E-state index contributed by atoms with van der Waals surface area (Å²) in [4.78, 5) is 18.3. The number of hydrogen-bond donors (Lipinski definition) is 0. The molecule has 190 valence electrons. The minimum atomic E-state index is -0.229. The number of rotatable bonds is 6. The largest absolute Gasteiger partial charge is 0.454 e. The maximum Gasteiger partial charge on any atom is 0.257 e. The maximum absolute atomic E-state index is 13.6. The van der Waals surface area contributed by atoms with Gasteiger partial charge in [-0.05, 0) is 29.3 Å². The molecular weight excluding hydrogens is 488 g/mol. The van der Waals surface area contributed by atoms with Crippen molar-refractivity contribution in [3.8, 4) is 11.5 Å². The summed E-state index contributed by atoms with van der Waals surface area (Å²) in [5, 5.41) is 7.09. The summed E-state index contributed by atoms with van der Waals surface area (Å²) >= 11 is 6.50. The summed E-state index contributed by atoms with van der Waals surface area (Å²) in [5.74, 6) is 1.41. The lowest BCUT2D eigenvalue weighted by Gasteiger charge is -2.35. The molecule has 3 heterocycles. The summed E-state index contributed by atoms with van der Waals surface area (Å²) in [6.07, 6.45) is 0.583. The molecule has 0 spiro atoms. The lowest BCUT2D eigenvalue weighted by molar-refractivity contribution is -0.134. The molecule has 1 fully saturated rings. The molecule has 0 aromatic heterocycles. The van der Waals surface area contributed by atoms with Crippen molar-refractivity contribution >= 4 is 23.2 Å². The van der Waals surface area contributed by atoms with Gasteiger partial charge in [0, 0.05) is 49.7 Å². The molecule has 0 aliphatic carbocycles. The Morgan fingerprint density at radius 3 is 2.43 bits per heavy atom. The third kappa shape index (κ3) is 5.21. The average molecular weight is 517 g/mol. The molecule has 37 heavy (non-hydrogen) atoms. The minimum Gasteiger partial charge on any atom is -0.454 e. The molecule has 3 aliphatic rings. The molecule has 1 amide bonds. The molecule has 0 unspecified atom stereocenters. The summed E-state index contributed by atoms with van der Waals surface area (Å²) in [5.41, 5.74) is 3.96. The van der Waals surface area contributed by atoms with Gasteiger partial charge in [-0.15, -0.1) is 0 Å². The van der Waals surface area contributed by atoms with E-state index in [2.05, 4.69) is 34.1 Å². The third-order valence-electron chi connectivity index (χ3n) is 7.20. The van der Waals surface area contributed by atoms with Gasteiger partial charge in [0.25, 0.3) is 5.91 Å². The second kappa shape index (κ2) is 10.5. The number of amides is 1. The number of hydrazone groups is 1. The molecule has 1 saturated heterocycles. The average Bonchev–Trinajstić information content (AvgIpc) is 3.58. The zero-order valence-corrected chi connectivity index (χ0v) is 21.3. The van der Waals surface area contributed by atoms with Crippen LogP contribution in [0, 0.1) is 0 Å². The van der Waals surface area contributed by atoms with Crippen LogP contribution in [0.1, 0.15) is 29.2 Å². The van der Waals surface area contributed by atoms with Crippen molar-refractivity contribution < 1.29 is 14.3 Å². The highest BCUT2D eigenvalue weighted by molar-refractivity contribution is 6.34. The van der Waals surface area contributed by atoms with E-state index >= 15 is 0 Å². The molecule has 6 rings (SSSR count). The number of ether oxygens (including phenoxy) is 2. The van der Waals surface area contributed by atoms with E-state index < -0.39 is 0 Å². The molecule has 0 saturated carbocycles. The van der Waals surface area contributed by atoms with Crippen molar-refractivity contribution in [3.05, 3.63) is 94.5 Å². The summed E-state index contributed by atoms with van der Waals surface area (Å²) in [6, 6.07) is 23.8. The van der Waals surface area contributed by atoms with Crippen LogP contribution in [0.25, 0.3) is 0 Å². The molecule has 7 nitrogen and oxygen atoms in total. The van der Waals surface area contributed by atoms with Crippen LogP contribution in [0.4, 0.5) is 0 Å². The predicted octanol–water partition coefficient (Wildman–Crippen LogP) is 4.56. The Bertz CT molecular complexity index is 1310. The predicted molar refractivity (Wildman–Crippen MR) is 143 cm³/mol. The van der Waals surface area contributed by atoms with Crippen LogP contribution in [-0.4, -0.2) is 65.9 Å². The van der Waals surface area contributed by atoms with E-state index in [9.17, 15) is 4.79 Å². The van der Waals surface area contributed by atoms with Crippen LogP contribution in [0.15, 0.2) is 77.9 Å². The van der Waals surface area contributed by atoms with Crippen LogP contribution in [-0.2, 0) is 11.3 Å². The molecule has 0 radical (unpaired) electrons. The summed E-state index contributed by atoms with van der Waals surface area (Å²) in [7, 11) is 0. The van der Waals surface area contributed by atoms with E-state index in [1.807, 2.05) is 48.5 Å². The molecule has 3 aromatic rings. The van der Waals surface area contributed by atoms with Crippen molar-refractivity contribution in [2.75, 3.05) is 39.5 Å². The molecular formula is C29H29ClN4O3. The lowest BCUT2D eigenvalue weighted by atomic mass is 9.98. The number of halogens is 1. The van der Waals surface area contributed by atoms with Gasteiger partial charge < -0.3 is 9.47 Å². The number of carbonyl (C=O) groups excluding carboxylic acids is 1. The minimum absolute atomic E-state index is 0.0128. The third-order valence-corrected chi connectivity index (χ3v) is 7.53. The van der Waals surface area contributed by atoms with E-state index in [1.165, 1.54) is 5.56 Å². The zero-order chi connectivity index (χ0) is 25.2. The van der Waals surface area contributed by atoms with Crippen LogP contribution in [0.5, 0.6) is 11.5 Å². The molecule has 8 heteroatoms. The SMILES string of the molecule is O=C(CN1CCN(Cc2ccccc2)CC1)N1N=C(c2ccccc2Cl)C[C@@H]1c1ccc2c(c1)OCO2. The first-order valence-corrected chi connectivity index (χ1v) is 13.0. The fraction of sp³-hybridized carbons (Fsp3) is 0.310. The van der Waals surface area contributed by atoms with E-state index in [-0.39, 0.29) is 18.7 Å². The number of carbonyl (C=O) groups is 1.